The standard InChI is InChI=1S/C12H20N6O/c1-14-9-6-10(17-12(13)16-9)18-5-3-4-8(7-18)11(19)15-2/h6,8H,3-5,7H2,1-2H3,(H,15,19)(H3,13,14,16,17). The van der Waals surface area contributed by atoms with Crippen molar-refractivity contribution in [2.45, 2.75) is 12.8 Å². The van der Waals surface area contributed by atoms with Gasteiger partial charge >= 0.3 is 0 Å². The van der Waals surface area contributed by atoms with Crippen molar-refractivity contribution >= 4 is 23.5 Å². The minimum absolute atomic E-state index is 0.00738. The van der Waals surface area contributed by atoms with Gasteiger partial charge in [-0.1, -0.05) is 0 Å². The molecule has 1 fully saturated rings. The Morgan fingerprint density at radius 3 is 2.95 bits per heavy atom. The fourth-order valence-electron chi connectivity index (χ4n) is 2.35. The first-order chi connectivity index (χ1) is 9.13. The predicted molar refractivity (Wildman–Crippen MR) is 75.0 cm³/mol. The SMILES string of the molecule is CNC(=O)C1CCCN(c2cc(NC)nc(N)n2)C1. The van der Waals surface area contributed by atoms with Crippen LogP contribution >= 0.6 is 0 Å². The maximum Gasteiger partial charge on any atom is 0.224 e. The highest BCUT2D eigenvalue weighted by Crippen LogP contribution is 2.23. The zero-order valence-electron chi connectivity index (χ0n) is 11.3. The second-order valence-electron chi connectivity index (χ2n) is 4.62. The average Bonchev–Trinajstić information content (AvgIpc) is 2.45. The van der Waals surface area contributed by atoms with Crippen molar-refractivity contribution in [2.24, 2.45) is 5.92 Å². The molecule has 0 bridgehead atoms. The number of hydrogen-bond donors (Lipinski definition) is 3. The highest BCUT2D eigenvalue weighted by atomic mass is 16.1. The molecule has 4 N–H and O–H groups in total. The summed E-state index contributed by atoms with van der Waals surface area (Å²) >= 11 is 0. The Morgan fingerprint density at radius 2 is 2.26 bits per heavy atom. The smallest absolute Gasteiger partial charge is 0.224 e. The average molecular weight is 264 g/mol. The van der Waals surface area contributed by atoms with Gasteiger partial charge in [-0.25, -0.2) is 0 Å². The Morgan fingerprint density at radius 1 is 1.47 bits per heavy atom. The van der Waals surface area contributed by atoms with Crippen molar-refractivity contribution in [3.05, 3.63) is 6.07 Å². The van der Waals surface area contributed by atoms with Gasteiger partial charge in [-0.3, -0.25) is 4.79 Å². The maximum atomic E-state index is 11.7. The molecule has 1 saturated heterocycles. The molecule has 0 saturated carbocycles. The predicted octanol–water partition coefficient (Wildman–Crippen LogP) is 0.0629. The summed E-state index contributed by atoms with van der Waals surface area (Å²) in [6.07, 6.45) is 1.88. The molecule has 104 valence electrons. The number of hydrogen-bond acceptors (Lipinski definition) is 6. The summed E-state index contributed by atoms with van der Waals surface area (Å²) in [5.74, 6) is 1.78. The molecule has 1 aliphatic rings. The Hall–Kier alpha value is -2.05. The van der Waals surface area contributed by atoms with Crippen LogP contribution in [0.15, 0.2) is 6.07 Å². The van der Waals surface area contributed by atoms with Crippen LogP contribution in [-0.2, 0) is 4.79 Å². The van der Waals surface area contributed by atoms with Crippen LogP contribution in [-0.4, -0.2) is 43.1 Å². The molecule has 1 unspecified atom stereocenters. The molecular weight excluding hydrogens is 244 g/mol. The van der Waals surface area contributed by atoms with Crippen LogP contribution in [0.25, 0.3) is 0 Å². The van der Waals surface area contributed by atoms with Gasteiger partial charge in [0.05, 0.1) is 5.92 Å². The Labute approximate surface area is 112 Å². The lowest BCUT2D eigenvalue weighted by molar-refractivity contribution is -0.124. The monoisotopic (exact) mass is 264 g/mol. The van der Waals surface area contributed by atoms with Crippen LogP contribution in [0.3, 0.4) is 0 Å². The summed E-state index contributed by atoms with van der Waals surface area (Å²) in [7, 11) is 3.46. The summed E-state index contributed by atoms with van der Waals surface area (Å²) in [5, 5.41) is 5.66. The van der Waals surface area contributed by atoms with Gasteiger partial charge in [-0.05, 0) is 12.8 Å². The Bertz CT molecular complexity index is 464. The van der Waals surface area contributed by atoms with E-state index in [9.17, 15) is 4.79 Å². The van der Waals surface area contributed by atoms with Crippen LogP contribution in [0, 0.1) is 5.92 Å². The number of nitrogens with zero attached hydrogens (tertiary/aromatic N) is 3. The van der Waals surface area contributed by atoms with Gasteiger partial charge in [0, 0.05) is 33.3 Å². The summed E-state index contributed by atoms with van der Waals surface area (Å²) in [4.78, 5) is 22.1. The van der Waals surface area contributed by atoms with Gasteiger partial charge in [0.1, 0.15) is 11.6 Å². The van der Waals surface area contributed by atoms with Gasteiger partial charge in [-0.15, -0.1) is 0 Å². The van der Waals surface area contributed by atoms with Crippen molar-refractivity contribution in [3.63, 3.8) is 0 Å². The first kappa shape index (κ1) is 13.4. The lowest BCUT2D eigenvalue weighted by Crippen LogP contribution is -2.42. The highest BCUT2D eigenvalue weighted by molar-refractivity contribution is 5.79. The lowest BCUT2D eigenvalue weighted by atomic mass is 9.97. The molecule has 2 rings (SSSR count). The minimum atomic E-state index is 0.00738. The number of amides is 1. The number of anilines is 3. The number of piperidine rings is 1. The Balaban J connectivity index is 2.17. The molecule has 0 spiro atoms. The normalized spacial score (nSPS) is 19.1. The second kappa shape index (κ2) is 5.73. The molecule has 1 aromatic heterocycles. The molecule has 7 heteroatoms. The van der Waals surface area contributed by atoms with E-state index < -0.39 is 0 Å². The summed E-state index contributed by atoms with van der Waals surface area (Å²) in [6.45, 7) is 1.55. The lowest BCUT2D eigenvalue weighted by Gasteiger charge is -2.32. The molecule has 0 aromatic carbocycles. The molecule has 1 amide bonds. The van der Waals surface area contributed by atoms with Crippen molar-refractivity contribution in [3.8, 4) is 0 Å². The van der Waals surface area contributed by atoms with E-state index in [4.69, 9.17) is 5.73 Å². The van der Waals surface area contributed by atoms with Crippen LogP contribution in [0.4, 0.5) is 17.6 Å². The number of rotatable bonds is 3. The number of carbonyl (C=O) groups excluding carboxylic acids is 1. The van der Waals surface area contributed by atoms with Gasteiger partial charge in [0.25, 0.3) is 0 Å². The maximum absolute atomic E-state index is 11.7. The first-order valence-electron chi connectivity index (χ1n) is 6.43. The first-order valence-corrected chi connectivity index (χ1v) is 6.43. The number of nitrogen functional groups attached to an aromatic ring is 1. The number of aromatic nitrogens is 2. The van der Waals surface area contributed by atoms with Crippen LogP contribution < -0.4 is 21.3 Å². The van der Waals surface area contributed by atoms with Crippen molar-refractivity contribution in [2.75, 3.05) is 43.1 Å². The van der Waals surface area contributed by atoms with Gasteiger partial charge in [0.2, 0.25) is 11.9 Å². The van der Waals surface area contributed by atoms with Crippen LogP contribution in [0.1, 0.15) is 12.8 Å². The minimum Gasteiger partial charge on any atom is -0.373 e. The molecule has 19 heavy (non-hydrogen) atoms. The van der Waals surface area contributed by atoms with E-state index in [0.717, 1.165) is 25.2 Å². The fourth-order valence-corrected chi connectivity index (χ4v) is 2.35. The van der Waals surface area contributed by atoms with E-state index in [0.29, 0.717) is 12.4 Å². The quantitative estimate of drug-likeness (QED) is 0.714. The second-order valence-corrected chi connectivity index (χ2v) is 4.62. The summed E-state index contributed by atoms with van der Waals surface area (Å²) < 4.78 is 0. The molecule has 1 atom stereocenters. The van der Waals surface area contributed by atoms with E-state index >= 15 is 0 Å². The van der Waals surface area contributed by atoms with Gasteiger partial charge in [-0.2, -0.15) is 9.97 Å². The zero-order valence-corrected chi connectivity index (χ0v) is 11.3. The van der Waals surface area contributed by atoms with Gasteiger partial charge in [0.15, 0.2) is 0 Å². The van der Waals surface area contributed by atoms with Crippen molar-refractivity contribution in [1.29, 1.82) is 0 Å². The number of nitrogens with two attached hydrogens (primary N) is 1. The van der Waals surface area contributed by atoms with Crippen LogP contribution in [0.2, 0.25) is 0 Å². The number of nitrogens with one attached hydrogen (secondary N) is 2. The third kappa shape index (κ3) is 3.04. The zero-order chi connectivity index (χ0) is 13.8. The molecule has 2 heterocycles. The molecule has 0 aliphatic carbocycles. The molecular formula is C12H20N6O. The van der Waals surface area contributed by atoms with E-state index in [1.165, 1.54) is 0 Å². The number of carbonyl (C=O) groups is 1. The topological polar surface area (TPSA) is 96.2 Å². The van der Waals surface area contributed by atoms with E-state index in [1.807, 2.05) is 6.07 Å². The molecule has 0 radical (unpaired) electrons. The van der Waals surface area contributed by atoms with E-state index in [-0.39, 0.29) is 17.8 Å². The summed E-state index contributed by atoms with van der Waals surface area (Å²) in [5.41, 5.74) is 5.69. The third-order valence-corrected chi connectivity index (χ3v) is 3.35. The third-order valence-electron chi connectivity index (χ3n) is 3.35. The largest absolute Gasteiger partial charge is 0.373 e. The van der Waals surface area contributed by atoms with Gasteiger partial charge < -0.3 is 21.3 Å². The highest BCUT2D eigenvalue weighted by Gasteiger charge is 2.26. The summed E-state index contributed by atoms with van der Waals surface area (Å²) in [6, 6.07) is 1.85. The van der Waals surface area contributed by atoms with Crippen molar-refractivity contribution in [1.82, 2.24) is 15.3 Å². The fraction of sp³-hybridized carbons (Fsp3) is 0.583. The van der Waals surface area contributed by atoms with E-state index in [2.05, 4.69) is 25.5 Å². The molecule has 1 aromatic rings. The van der Waals surface area contributed by atoms with E-state index in [1.54, 1.807) is 14.1 Å². The Kier molecular flexibility index (Phi) is 4.03. The molecule has 1 aliphatic heterocycles. The molecule has 7 nitrogen and oxygen atoms in total. The van der Waals surface area contributed by atoms with Crippen LogP contribution in [0.5, 0.6) is 0 Å². The van der Waals surface area contributed by atoms with Crippen molar-refractivity contribution < 1.29 is 4.79 Å².